The largest absolute Gasteiger partial charge is 0.298 e. The molecule has 0 aromatic heterocycles. The van der Waals surface area contributed by atoms with Gasteiger partial charge in [0.2, 0.25) is 0 Å². The topological polar surface area (TPSA) is 3.24 Å². The van der Waals surface area contributed by atoms with E-state index in [-0.39, 0.29) is 6.67 Å². The minimum Gasteiger partial charge on any atom is -0.298 e. The first-order valence-electron chi connectivity index (χ1n) is 5.14. The molecule has 1 fully saturated rings. The Balaban J connectivity index is 0.000000561. The summed E-state index contributed by atoms with van der Waals surface area (Å²) in [6.45, 7) is 7.74. The van der Waals surface area contributed by atoms with Crippen LogP contribution in [0.3, 0.4) is 0 Å². The molecule has 0 bridgehead atoms. The van der Waals surface area contributed by atoms with E-state index in [1.807, 2.05) is 13.8 Å². The summed E-state index contributed by atoms with van der Waals surface area (Å²) >= 11 is 0. The molecule has 0 aromatic carbocycles. The Kier molecular flexibility index (Phi) is 7.47. The predicted octanol–water partition coefficient (Wildman–Crippen LogP) is 2.86. The van der Waals surface area contributed by atoms with Crippen LogP contribution in [0.1, 0.15) is 40.0 Å². The first-order valence-corrected chi connectivity index (χ1v) is 5.14. The third-order valence-electron chi connectivity index (χ3n) is 2.31. The zero-order valence-electron chi connectivity index (χ0n) is 8.65. The smallest absolute Gasteiger partial charge is 0.102 e. The van der Waals surface area contributed by atoms with Gasteiger partial charge in [0.1, 0.15) is 6.67 Å². The monoisotopic (exact) mass is 175 g/mol. The Labute approximate surface area is 75.9 Å². The van der Waals surface area contributed by atoms with Crippen molar-refractivity contribution in [3.8, 4) is 0 Å². The maximum atomic E-state index is 11.9. The zero-order chi connectivity index (χ0) is 9.40. The lowest BCUT2D eigenvalue weighted by Gasteiger charge is -2.32. The molecular formula is C10H22FN. The molecule has 0 aliphatic carbocycles. The zero-order valence-corrected chi connectivity index (χ0v) is 8.65. The van der Waals surface area contributed by atoms with E-state index in [4.69, 9.17) is 0 Å². The molecule has 1 aliphatic heterocycles. The van der Waals surface area contributed by atoms with Crippen molar-refractivity contribution in [2.24, 2.45) is 0 Å². The molecular weight excluding hydrogens is 153 g/mol. The number of nitrogens with zero attached hydrogens (tertiary/aromatic N) is 1. The van der Waals surface area contributed by atoms with Crippen molar-refractivity contribution in [2.45, 2.75) is 46.1 Å². The van der Waals surface area contributed by atoms with Crippen LogP contribution >= 0.6 is 0 Å². The summed E-state index contributed by atoms with van der Waals surface area (Å²) in [4.78, 5) is 2.24. The Bertz CT molecular complexity index is 93.8. The van der Waals surface area contributed by atoms with Gasteiger partial charge in [0.15, 0.2) is 0 Å². The second-order valence-corrected chi connectivity index (χ2v) is 3.07. The number of piperidine rings is 1. The molecule has 1 aliphatic rings. The Morgan fingerprint density at radius 1 is 1.33 bits per heavy atom. The highest BCUT2D eigenvalue weighted by molar-refractivity contribution is 4.72. The summed E-state index contributed by atoms with van der Waals surface area (Å²) in [5.41, 5.74) is 0. The number of likely N-dealkylation sites (tertiary alicyclic amines) is 1. The third kappa shape index (κ3) is 4.05. The van der Waals surface area contributed by atoms with Crippen LogP contribution in [0.15, 0.2) is 0 Å². The van der Waals surface area contributed by atoms with Crippen LogP contribution in [0.5, 0.6) is 0 Å². The SMILES string of the molecule is CC.C[C@@H]1CCCCN1CCF. The van der Waals surface area contributed by atoms with Crippen molar-refractivity contribution in [3.63, 3.8) is 0 Å². The molecule has 1 nitrogen and oxygen atoms in total. The molecule has 0 N–H and O–H groups in total. The second kappa shape index (κ2) is 7.53. The normalized spacial score (nSPS) is 24.5. The fourth-order valence-corrected chi connectivity index (χ4v) is 1.60. The highest BCUT2D eigenvalue weighted by Gasteiger charge is 2.16. The van der Waals surface area contributed by atoms with Gasteiger partial charge in [-0.25, -0.2) is 4.39 Å². The standard InChI is InChI=1S/C8H16FN.C2H6/c1-8-4-2-3-6-10(8)7-5-9;1-2/h8H,2-7H2,1H3;1-2H3/t8-;/m1./s1. The molecule has 74 valence electrons. The van der Waals surface area contributed by atoms with Crippen molar-refractivity contribution in [1.82, 2.24) is 4.90 Å². The molecule has 0 saturated carbocycles. The first-order chi connectivity index (χ1) is 5.84. The van der Waals surface area contributed by atoms with Crippen LogP contribution < -0.4 is 0 Å². The average Bonchev–Trinajstić information content (AvgIpc) is 2.13. The van der Waals surface area contributed by atoms with E-state index in [1.165, 1.54) is 19.3 Å². The van der Waals surface area contributed by atoms with Crippen LogP contribution in [-0.2, 0) is 0 Å². The summed E-state index contributed by atoms with van der Waals surface area (Å²) in [5.74, 6) is 0. The molecule has 12 heavy (non-hydrogen) atoms. The molecule has 0 unspecified atom stereocenters. The number of hydrogen-bond acceptors (Lipinski definition) is 1. The van der Waals surface area contributed by atoms with Gasteiger partial charge in [0.05, 0.1) is 0 Å². The lowest BCUT2D eigenvalue weighted by atomic mass is 10.0. The highest BCUT2D eigenvalue weighted by Crippen LogP contribution is 2.15. The lowest BCUT2D eigenvalue weighted by molar-refractivity contribution is 0.149. The molecule has 1 heterocycles. The highest BCUT2D eigenvalue weighted by atomic mass is 19.1. The van der Waals surface area contributed by atoms with Gasteiger partial charge in [-0.2, -0.15) is 0 Å². The van der Waals surface area contributed by atoms with E-state index in [0.29, 0.717) is 12.6 Å². The lowest BCUT2D eigenvalue weighted by Crippen LogP contribution is -2.38. The maximum absolute atomic E-state index is 11.9. The molecule has 1 saturated heterocycles. The molecule has 0 amide bonds. The maximum Gasteiger partial charge on any atom is 0.102 e. The van der Waals surface area contributed by atoms with Gasteiger partial charge in [0, 0.05) is 12.6 Å². The molecule has 0 aromatic rings. The minimum absolute atomic E-state index is 0.190. The molecule has 2 heteroatoms. The number of halogens is 1. The Hall–Kier alpha value is -0.110. The minimum atomic E-state index is -0.190. The van der Waals surface area contributed by atoms with Crippen LogP contribution in [0.4, 0.5) is 4.39 Å². The van der Waals surface area contributed by atoms with E-state index in [1.54, 1.807) is 0 Å². The van der Waals surface area contributed by atoms with Crippen LogP contribution in [-0.4, -0.2) is 30.7 Å². The summed E-state index contributed by atoms with van der Waals surface area (Å²) in [6.07, 6.45) is 3.83. The summed E-state index contributed by atoms with van der Waals surface area (Å²) in [6, 6.07) is 0.615. The van der Waals surface area contributed by atoms with Crippen LogP contribution in [0.2, 0.25) is 0 Å². The van der Waals surface area contributed by atoms with Crippen molar-refractivity contribution in [2.75, 3.05) is 19.8 Å². The van der Waals surface area contributed by atoms with E-state index in [9.17, 15) is 4.39 Å². The summed E-state index contributed by atoms with van der Waals surface area (Å²) in [7, 11) is 0. The van der Waals surface area contributed by atoms with Gasteiger partial charge in [-0.05, 0) is 26.3 Å². The Morgan fingerprint density at radius 3 is 2.50 bits per heavy atom. The molecule has 0 spiro atoms. The predicted molar refractivity (Wildman–Crippen MR) is 52.2 cm³/mol. The van der Waals surface area contributed by atoms with Crippen LogP contribution in [0.25, 0.3) is 0 Å². The number of alkyl halides is 1. The average molecular weight is 175 g/mol. The van der Waals surface area contributed by atoms with E-state index >= 15 is 0 Å². The first kappa shape index (κ1) is 11.9. The van der Waals surface area contributed by atoms with Gasteiger partial charge < -0.3 is 0 Å². The van der Waals surface area contributed by atoms with Crippen molar-refractivity contribution < 1.29 is 4.39 Å². The van der Waals surface area contributed by atoms with Crippen molar-refractivity contribution >= 4 is 0 Å². The number of hydrogen-bond donors (Lipinski definition) is 0. The summed E-state index contributed by atoms with van der Waals surface area (Å²) < 4.78 is 11.9. The fourth-order valence-electron chi connectivity index (χ4n) is 1.60. The number of rotatable bonds is 2. The van der Waals surface area contributed by atoms with Gasteiger partial charge in [-0.3, -0.25) is 4.90 Å². The van der Waals surface area contributed by atoms with Crippen molar-refractivity contribution in [1.29, 1.82) is 0 Å². The van der Waals surface area contributed by atoms with Crippen molar-refractivity contribution in [3.05, 3.63) is 0 Å². The van der Waals surface area contributed by atoms with Gasteiger partial charge >= 0.3 is 0 Å². The van der Waals surface area contributed by atoms with Gasteiger partial charge in [-0.15, -0.1) is 0 Å². The molecule has 1 atom stereocenters. The second-order valence-electron chi connectivity index (χ2n) is 3.07. The molecule has 1 rings (SSSR count). The molecule has 0 radical (unpaired) electrons. The summed E-state index contributed by atoms with van der Waals surface area (Å²) in [5, 5.41) is 0. The quantitative estimate of drug-likeness (QED) is 0.624. The Morgan fingerprint density at radius 2 is 2.00 bits per heavy atom. The van der Waals surface area contributed by atoms with Gasteiger partial charge in [0.25, 0.3) is 0 Å². The van der Waals surface area contributed by atoms with Gasteiger partial charge in [-0.1, -0.05) is 20.3 Å². The van der Waals surface area contributed by atoms with E-state index in [0.717, 1.165) is 6.54 Å². The third-order valence-corrected chi connectivity index (χ3v) is 2.31. The fraction of sp³-hybridized carbons (Fsp3) is 1.00. The van der Waals surface area contributed by atoms with Crippen LogP contribution in [0, 0.1) is 0 Å². The van der Waals surface area contributed by atoms with E-state index in [2.05, 4.69) is 11.8 Å². The van der Waals surface area contributed by atoms with E-state index < -0.39 is 0 Å².